The average molecular weight is 420 g/mol. The Kier molecular flexibility index (Phi) is 7.48. The van der Waals surface area contributed by atoms with Crippen molar-refractivity contribution in [2.75, 3.05) is 13.7 Å². The number of amides is 1. The number of pyridine rings is 1. The van der Waals surface area contributed by atoms with Crippen LogP contribution in [0.15, 0.2) is 73.1 Å². The minimum Gasteiger partial charge on any atom is -0.465 e. The summed E-state index contributed by atoms with van der Waals surface area (Å²) in [6.07, 6.45) is 6.57. The molecule has 0 spiro atoms. The highest BCUT2D eigenvalue weighted by Gasteiger charge is 2.06. The van der Waals surface area contributed by atoms with Crippen LogP contribution in [0.1, 0.15) is 21.5 Å². The maximum atomic E-state index is 14.2. The number of rotatable bonds is 8. The van der Waals surface area contributed by atoms with E-state index in [9.17, 15) is 14.0 Å². The van der Waals surface area contributed by atoms with E-state index in [1.54, 1.807) is 36.5 Å². The molecule has 0 saturated heterocycles. The van der Waals surface area contributed by atoms with Gasteiger partial charge in [0.2, 0.25) is 5.91 Å². The van der Waals surface area contributed by atoms with Gasteiger partial charge in [0.1, 0.15) is 5.75 Å². The smallest absolute Gasteiger partial charge is 0.337 e. The lowest BCUT2D eigenvalue weighted by atomic mass is 10.1. The molecule has 3 aromatic rings. The van der Waals surface area contributed by atoms with Crippen molar-refractivity contribution in [2.45, 2.75) is 6.42 Å². The van der Waals surface area contributed by atoms with Gasteiger partial charge in [0.05, 0.1) is 18.9 Å². The van der Waals surface area contributed by atoms with E-state index < -0.39 is 11.8 Å². The lowest BCUT2D eigenvalue weighted by Gasteiger charge is -2.06. The predicted octanol–water partition coefficient (Wildman–Crippen LogP) is 4.17. The number of benzene rings is 2. The largest absolute Gasteiger partial charge is 0.465 e. The van der Waals surface area contributed by atoms with Crippen LogP contribution in [0.2, 0.25) is 0 Å². The lowest BCUT2D eigenvalue weighted by Crippen LogP contribution is -2.23. The van der Waals surface area contributed by atoms with Crippen molar-refractivity contribution in [1.82, 2.24) is 10.3 Å². The highest BCUT2D eigenvalue weighted by atomic mass is 19.1. The number of hydrogen-bond acceptors (Lipinski definition) is 5. The van der Waals surface area contributed by atoms with Crippen LogP contribution in [-0.4, -0.2) is 30.5 Å². The third kappa shape index (κ3) is 6.50. The third-order valence-corrected chi connectivity index (χ3v) is 4.33. The number of carbonyl (C=O) groups excluding carboxylic acids is 2. The zero-order valence-corrected chi connectivity index (χ0v) is 16.9. The summed E-state index contributed by atoms with van der Waals surface area (Å²) in [4.78, 5) is 27.3. The molecule has 7 heteroatoms. The maximum Gasteiger partial charge on any atom is 0.337 e. The van der Waals surface area contributed by atoms with Gasteiger partial charge in [-0.2, -0.15) is 0 Å². The van der Waals surface area contributed by atoms with E-state index in [1.807, 2.05) is 12.1 Å². The maximum absolute atomic E-state index is 14.2. The Balaban J connectivity index is 1.48. The first-order valence-electron chi connectivity index (χ1n) is 9.56. The van der Waals surface area contributed by atoms with Crippen molar-refractivity contribution in [2.24, 2.45) is 0 Å². The van der Waals surface area contributed by atoms with Gasteiger partial charge in [0.15, 0.2) is 11.6 Å². The second-order valence-electron chi connectivity index (χ2n) is 6.54. The second-order valence-corrected chi connectivity index (χ2v) is 6.54. The molecule has 31 heavy (non-hydrogen) atoms. The monoisotopic (exact) mass is 420 g/mol. The van der Waals surface area contributed by atoms with E-state index in [-0.39, 0.29) is 11.7 Å². The highest BCUT2D eigenvalue weighted by Crippen LogP contribution is 2.24. The summed E-state index contributed by atoms with van der Waals surface area (Å²) in [7, 11) is 1.33. The van der Waals surface area contributed by atoms with Crippen LogP contribution in [0.5, 0.6) is 11.5 Å². The van der Waals surface area contributed by atoms with Gasteiger partial charge in [-0.15, -0.1) is 0 Å². The van der Waals surface area contributed by atoms with Crippen LogP contribution in [0.3, 0.4) is 0 Å². The number of halogens is 1. The van der Waals surface area contributed by atoms with Crippen LogP contribution in [0.25, 0.3) is 6.08 Å². The number of aromatic nitrogens is 1. The van der Waals surface area contributed by atoms with Crippen LogP contribution in [0, 0.1) is 5.82 Å². The molecule has 1 N–H and O–H groups in total. The topological polar surface area (TPSA) is 77.5 Å². The number of nitrogens with zero attached hydrogens (tertiary/aromatic N) is 1. The van der Waals surface area contributed by atoms with Crippen molar-refractivity contribution in [3.05, 3.63) is 95.6 Å². The van der Waals surface area contributed by atoms with E-state index in [4.69, 9.17) is 4.74 Å². The summed E-state index contributed by atoms with van der Waals surface area (Å²) in [6, 6.07) is 14.8. The molecule has 0 fully saturated rings. The molecule has 0 aliphatic carbocycles. The highest BCUT2D eigenvalue weighted by molar-refractivity contribution is 5.91. The second kappa shape index (κ2) is 10.7. The van der Waals surface area contributed by atoms with Crippen molar-refractivity contribution in [1.29, 1.82) is 0 Å². The fourth-order valence-corrected chi connectivity index (χ4v) is 2.72. The summed E-state index contributed by atoms with van der Waals surface area (Å²) in [6.45, 7) is 0.424. The lowest BCUT2D eigenvalue weighted by molar-refractivity contribution is -0.116. The van der Waals surface area contributed by atoms with Crippen molar-refractivity contribution >= 4 is 18.0 Å². The molecule has 0 unspecified atom stereocenters. The minimum absolute atomic E-state index is 0.0767. The van der Waals surface area contributed by atoms with Crippen LogP contribution >= 0.6 is 0 Å². The third-order valence-electron chi connectivity index (χ3n) is 4.33. The van der Waals surface area contributed by atoms with Gasteiger partial charge >= 0.3 is 5.97 Å². The number of carbonyl (C=O) groups is 2. The molecule has 2 aromatic carbocycles. The number of methoxy groups -OCH3 is 1. The molecule has 0 aliphatic heterocycles. The van der Waals surface area contributed by atoms with E-state index in [2.05, 4.69) is 15.0 Å². The molecule has 6 nitrogen and oxygen atoms in total. The summed E-state index contributed by atoms with van der Waals surface area (Å²) in [5, 5.41) is 2.77. The molecule has 0 atom stereocenters. The molecule has 1 amide bonds. The molecule has 1 heterocycles. The van der Waals surface area contributed by atoms with Crippen molar-refractivity contribution in [3.8, 4) is 11.5 Å². The summed E-state index contributed by atoms with van der Waals surface area (Å²) < 4.78 is 24.3. The van der Waals surface area contributed by atoms with E-state index in [1.165, 1.54) is 37.6 Å². The standard InChI is InChI=1S/C24H21FN2O4/c1-30-24(29)19-8-4-17(5-9-19)12-14-27-23(28)11-7-18-6-10-22(21(25)15-18)31-20-3-2-13-26-16-20/h2-11,13,15-16H,12,14H2,1H3,(H,27,28)/b11-7+. The number of hydrogen-bond donors (Lipinski definition) is 1. The first-order valence-corrected chi connectivity index (χ1v) is 9.56. The van der Waals surface area contributed by atoms with Gasteiger partial charge < -0.3 is 14.8 Å². The van der Waals surface area contributed by atoms with Crippen molar-refractivity contribution < 1.29 is 23.5 Å². The van der Waals surface area contributed by atoms with Gasteiger partial charge in [-0.3, -0.25) is 9.78 Å². The molecule has 3 rings (SSSR count). The van der Waals surface area contributed by atoms with Crippen molar-refractivity contribution in [3.63, 3.8) is 0 Å². The Morgan fingerprint density at radius 1 is 1.13 bits per heavy atom. The summed E-state index contributed by atoms with van der Waals surface area (Å²) >= 11 is 0. The molecule has 0 radical (unpaired) electrons. The zero-order chi connectivity index (χ0) is 22.1. The Morgan fingerprint density at radius 2 is 1.94 bits per heavy atom. The first kappa shape index (κ1) is 21.7. The van der Waals surface area contributed by atoms with Gasteiger partial charge in [-0.1, -0.05) is 18.2 Å². The van der Waals surface area contributed by atoms with Crippen LogP contribution in [-0.2, 0) is 16.0 Å². The fraction of sp³-hybridized carbons (Fsp3) is 0.125. The molecule has 0 saturated carbocycles. The number of nitrogens with one attached hydrogen (secondary N) is 1. The molecule has 0 bridgehead atoms. The summed E-state index contributed by atoms with van der Waals surface area (Å²) in [5.41, 5.74) is 1.98. The number of ether oxygens (including phenoxy) is 2. The number of esters is 1. The first-order chi connectivity index (χ1) is 15.0. The molecular formula is C24H21FN2O4. The average Bonchev–Trinajstić information content (AvgIpc) is 2.80. The van der Waals surface area contributed by atoms with Gasteiger partial charge in [0.25, 0.3) is 0 Å². The Hall–Kier alpha value is -4.00. The quantitative estimate of drug-likeness (QED) is 0.437. The molecule has 0 aliphatic rings. The fourth-order valence-electron chi connectivity index (χ4n) is 2.72. The molecule has 158 valence electrons. The Morgan fingerprint density at radius 3 is 2.61 bits per heavy atom. The normalized spacial score (nSPS) is 10.6. The van der Waals surface area contributed by atoms with E-state index >= 15 is 0 Å². The zero-order valence-electron chi connectivity index (χ0n) is 16.9. The van der Waals surface area contributed by atoms with Gasteiger partial charge in [-0.25, -0.2) is 9.18 Å². The predicted molar refractivity (Wildman–Crippen MR) is 114 cm³/mol. The Bertz CT molecular complexity index is 1070. The minimum atomic E-state index is -0.540. The SMILES string of the molecule is COC(=O)c1ccc(CCNC(=O)/C=C/c2ccc(Oc3cccnc3)c(F)c2)cc1. The molecule has 1 aromatic heterocycles. The van der Waals surface area contributed by atoms with Crippen LogP contribution in [0.4, 0.5) is 4.39 Å². The van der Waals surface area contributed by atoms with Gasteiger partial charge in [0, 0.05) is 18.8 Å². The van der Waals surface area contributed by atoms with E-state index in [0.29, 0.717) is 29.8 Å². The van der Waals surface area contributed by atoms with Gasteiger partial charge in [-0.05, 0) is 60.0 Å². The van der Waals surface area contributed by atoms with Crippen LogP contribution < -0.4 is 10.1 Å². The molecular weight excluding hydrogens is 399 g/mol. The summed E-state index contributed by atoms with van der Waals surface area (Å²) in [5.74, 6) is -0.709. The van der Waals surface area contributed by atoms with E-state index in [0.717, 1.165) is 5.56 Å². The Labute approximate surface area is 179 Å².